The van der Waals surface area contributed by atoms with Crippen molar-refractivity contribution in [1.29, 1.82) is 0 Å². The number of hydrogen-bond donors (Lipinski definition) is 1. The third-order valence-corrected chi connectivity index (χ3v) is 4.02. The molecular formula is C13H20BrN3O. The van der Waals surface area contributed by atoms with E-state index in [1.165, 1.54) is 0 Å². The van der Waals surface area contributed by atoms with Gasteiger partial charge in [-0.2, -0.15) is 0 Å². The molecule has 1 unspecified atom stereocenters. The average Bonchev–Trinajstić information content (AvgIpc) is 2.86. The second kappa shape index (κ2) is 6.48. The molecule has 2 heterocycles. The molecule has 1 atom stereocenters. The molecule has 100 valence electrons. The Morgan fingerprint density at radius 3 is 2.89 bits per heavy atom. The van der Waals surface area contributed by atoms with E-state index < -0.39 is 0 Å². The Hall–Kier alpha value is -0.680. The van der Waals surface area contributed by atoms with Gasteiger partial charge >= 0.3 is 0 Å². The lowest BCUT2D eigenvalue weighted by molar-refractivity contribution is 0.185. The lowest BCUT2D eigenvalue weighted by Gasteiger charge is -2.12. The van der Waals surface area contributed by atoms with Gasteiger partial charge in [-0.3, -0.25) is 0 Å². The SMILES string of the molecule is CCCc1nc(CC2CCOC2)nc(NC)c1Br. The summed E-state index contributed by atoms with van der Waals surface area (Å²) in [5, 5.41) is 3.13. The van der Waals surface area contributed by atoms with Gasteiger partial charge in [-0.05, 0) is 34.7 Å². The first-order valence-electron chi connectivity index (χ1n) is 6.55. The van der Waals surface area contributed by atoms with Crippen LogP contribution in [0.2, 0.25) is 0 Å². The molecule has 1 aromatic rings. The van der Waals surface area contributed by atoms with Crippen LogP contribution in [0.25, 0.3) is 0 Å². The number of halogens is 1. The van der Waals surface area contributed by atoms with Crippen molar-refractivity contribution in [2.75, 3.05) is 25.6 Å². The normalized spacial score (nSPS) is 19.2. The topological polar surface area (TPSA) is 47.0 Å². The standard InChI is InChI=1S/C13H20BrN3O/c1-3-4-10-12(14)13(15-2)17-11(16-10)7-9-5-6-18-8-9/h9H,3-8H2,1-2H3,(H,15,16,17). The summed E-state index contributed by atoms with van der Waals surface area (Å²) in [6.45, 7) is 3.89. The van der Waals surface area contributed by atoms with Crippen LogP contribution in [-0.4, -0.2) is 30.2 Å². The molecule has 5 heteroatoms. The Balaban J connectivity index is 2.20. The summed E-state index contributed by atoms with van der Waals surface area (Å²) in [6, 6.07) is 0. The fourth-order valence-electron chi connectivity index (χ4n) is 2.21. The maximum atomic E-state index is 5.41. The fraction of sp³-hybridized carbons (Fsp3) is 0.692. The van der Waals surface area contributed by atoms with E-state index >= 15 is 0 Å². The Morgan fingerprint density at radius 2 is 2.28 bits per heavy atom. The molecule has 0 amide bonds. The number of aryl methyl sites for hydroxylation is 1. The maximum absolute atomic E-state index is 5.41. The second-order valence-electron chi connectivity index (χ2n) is 4.68. The Bertz CT molecular complexity index is 405. The van der Waals surface area contributed by atoms with E-state index in [1.54, 1.807) is 0 Å². The molecule has 2 rings (SSSR count). The minimum absolute atomic E-state index is 0.574. The van der Waals surface area contributed by atoms with E-state index in [0.29, 0.717) is 5.92 Å². The number of ether oxygens (including phenoxy) is 1. The zero-order valence-electron chi connectivity index (χ0n) is 11.0. The van der Waals surface area contributed by atoms with Gasteiger partial charge in [0.25, 0.3) is 0 Å². The highest BCUT2D eigenvalue weighted by Crippen LogP contribution is 2.26. The highest BCUT2D eigenvalue weighted by atomic mass is 79.9. The van der Waals surface area contributed by atoms with Crippen molar-refractivity contribution >= 4 is 21.7 Å². The van der Waals surface area contributed by atoms with Gasteiger partial charge in [0.05, 0.1) is 10.2 Å². The Morgan fingerprint density at radius 1 is 1.44 bits per heavy atom. The van der Waals surface area contributed by atoms with Crippen LogP contribution < -0.4 is 5.32 Å². The lowest BCUT2D eigenvalue weighted by Crippen LogP contribution is -2.11. The van der Waals surface area contributed by atoms with Crippen LogP contribution in [-0.2, 0) is 17.6 Å². The molecule has 1 aromatic heterocycles. The van der Waals surface area contributed by atoms with Crippen LogP contribution >= 0.6 is 15.9 Å². The summed E-state index contributed by atoms with van der Waals surface area (Å²) in [5.41, 5.74) is 1.10. The lowest BCUT2D eigenvalue weighted by atomic mass is 10.0. The molecule has 0 radical (unpaired) electrons. The van der Waals surface area contributed by atoms with Crippen LogP contribution in [0.3, 0.4) is 0 Å². The molecule has 1 aliphatic rings. The molecule has 1 aliphatic heterocycles. The van der Waals surface area contributed by atoms with Gasteiger partial charge in [-0.1, -0.05) is 13.3 Å². The summed E-state index contributed by atoms with van der Waals surface area (Å²) in [5.74, 6) is 2.40. The number of hydrogen-bond acceptors (Lipinski definition) is 4. The number of nitrogens with one attached hydrogen (secondary N) is 1. The van der Waals surface area contributed by atoms with E-state index in [1.807, 2.05) is 7.05 Å². The van der Waals surface area contributed by atoms with E-state index in [0.717, 1.165) is 60.7 Å². The van der Waals surface area contributed by atoms with Crippen LogP contribution in [0.4, 0.5) is 5.82 Å². The van der Waals surface area contributed by atoms with Crippen molar-refractivity contribution in [3.8, 4) is 0 Å². The predicted octanol–water partition coefficient (Wildman–Crippen LogP) is 2.81. The number of anilines is 1. The highest BCUT2D eigenvalue weighted by molar-refractivity contribution is 9.10. The summed E-state index contributed by atoms with van der Waals surface area (Å²) in [6.07, 6.45) is 4.10. The fourth-order valence-corrected chi connectivity index (χ4v) is 2.78. The molecule has 0 bridgehead atoms. The van der Waals surface area contributed by atoms with Gasteiger partial charge in [0.15, 0.2) is 0 Å². The largest absolute Gasteiger partial charge is 0.381 e. The van der Waals surface area contributed by atoms with Crippen molar-refractivity contribution in [3.63, 3.8) is 0 Å². The molecule has 0 aromatic carbocycles. The van der Waals surface area contributed by atoms with E-state index in [2.05, 4.69) is 38.1 Å². The third kappa shape index (κ3) is 3.20. The number of aromatic nitrogens is 2. The van der Waals surface area contributed by atoms with E-state index in [4.69, 9.17) is 4.74 Å². The molecule has 1 saturated heterocycles. The minimum Gasteiger partial charge on any atom is -0.381 e. The van der Waals surface area contributed by atoms with Crippen molar-refractivity contribution < 1.29 is 4.74 Å². The van der Waals surface area contributed by atoms with Gasteiger partial charge in [0.2, 0.25) is 0 Å². The van der Waals surface area contributed by atoms with Crippen LogP contribution in [0, 0.1) is 5.92 Å². The Kier molecular flexibility index (Phi) is 4.95. The van der Waals surface area contributed by atoms with Crippen molar-refractivity contribution in [2.24, 2.45) is 5.92 Å². The van der Waals surface area contributed by atoms with Gasteiger partial charge in [0.1, 0.15) is 11.6 Å². The highest BCUT2D eigenvalue weighted by Gasteiger charge is 2.19. The maximum Gasteiger partial charge on any atom is 0.144 e. The molecule has 0 aliphatic carbocycles. The Labute approximate surface area is 117 Å². The number of nitrogens with zero attached hydrogens (tertiary/aromatic N) is 2. The first kappa shape index (κ1) is 13.7. The summed E-state index contributed by atoms with van der Waals surface area (Å²) >= 11 is 3.58. The van der Waals surface area contributed by atoms with Gasteiger partial charge in [0, 0.05) is 26.7 Å². The quantitative estimate of drug-likeness (QED) is 0.908. The zero-order chi connectivity index (χ0) is 13.0. The molecule has 18 heavy (non-hydrogen) atoms. The van der Waals surface area contributed by atoms with Crippen LogP contribution in [0.5, 0.6) is 0 Å². The second-order valence-corrected chi connectivity index (χ2v) is 5.48. The predicted molar refractivity (Wildman–Crippen MR) is 75.9 cm³/mol. The molecule has 0 saturated carbocycles. The first-order valence-corrected chi connectivity index (χ1v) is 7.34. The third-order valence-electron chi connectivity index (χ3n) is 3.18. The van der Waals surface area contributed by atoms with E-state index in [9.17, 15) is 0 Å². The molecule has 4 nitrogen and oxygen atoms in total. The average molecular weight is 314 g/mol. The monoisotopic (exact) mass is 313 g/mol. The minimum atomic E-state index is 0.574. The molecule has 1 fully saturated rings. The summed E-state index contributed by atoms with van der Waals surface area (Å²) in [4.78, 5) is 9.25. The molecular weight excluding hydrogens is 294 g/mol. The molecule has 1 N–H and O–H groups in total. The summed E-state index contributed by atoms with van der Waals surface area (Å²) < 4.78 is 6.41. The van der Waals surface area contributed by atoms with Crippen molar-refractivity contribution in [3.05, 3.63) is 16.0 Å². The van der Waals surface area contributed by atoms with Gasteiger partial charge in [-0.25, -0.2) is 9.97 Å². The van der Waals surface area contributed by atoms with Crippen molar-refractivity contribution in [1.82, 2.24) is 9.97 Å². The first-order chi connectivity index (χ1) is 8.74. The van der Waals surface area contributed by atoms with Crippen LogP contribution in [0.15, 0.2) is 4.47 Å². The number of rotatable bonds is 5. The zero-order valence-corrected chi connectivity index (χ0v) is 12.6. The van der Waals surface area contributed by atoms with Crippen LogP contribution in [0.1, 0.15) is 31.3 Å². The van der Waals surface area contributed by atoms with E-state index in [-0.39, 0.29) is 0 Å². The van der Waals surface area contributed by atoms with Gasteiger partial charge in [-0.15, -0.1) is 0 Å². The summed E-state index contributed by atoms with van der Waals surface area (Å²) in [7, 11) is 1.89. The molecule has 0 spiro atoms. The smallest absolute Gasteiger partial charge is 0.144 e. The van der Waals surface area contributed by atoms with Gasteiger partial charge < -0.3 is 10.1 Å². The van der Waals surface area contributed by atoms with Crippen molar-refractivity contribution in [2.45, 2.75) is 32.6 Å².